The number of halogens is 1. The van der Waals surface area contributed by atoms with E-state index in [0.717, 1.165) is 6.26 Å². The van der Waals surface area contributed by atoms with Crippen LogP contribution >= 0.6 is 0 Å². The van der Waals surface area contributed by atoms with Crippen LogP contribution in [-0.2, 0) is 16.4 Å². The highest BCUT2D eigenvalue weighted by Crippen LogP contribution is 2.32. The Balaban J connectivity index is 1.77. The Kier molecular flexibility index (Phi) is 6.30. The number of amides is 1. The van der Waals surface area contributed by atoms with Crippen molar-refractivity contribution in [3.8, 4) is 0 Å². The predicted molar refractivity (Wildman–Crippen MR) is 114 cm³/mol. The quantitative estimate of drug-likeness (QED) is 0.421. The first-order valence-corrected chi connectivity index (χ1v) is 10.9. The summed E-state index contributed by atoms with van der Waals surface area (Å²) in [6.45, 7) is 0.147. The Hall–Kier alpha value is -3.79. The summed E-state index contributed by atoms with van der Waals surface area (Å²) in [5.74, 6) is -0.861. The number of nitro benzene ring substituents is 1. The first-order chi connectivity index (χ1) is 14.6. The fourth-order valence-electron chi connectivity index (χ4n) is 2.91. The van der Waals surface area contributed by atoms with Crippen molar-refractivity contribution in [3.05, 3.63) is 93.8 Å². The minimum absolute atomic E-state index is 0.0636. The Morgan fingerprint density at radius 3 is 2.39 bits per heavy atom. The minimum Gasteiger partial charge on any atom is -0.375 e. The van der Waals surface area contributed by atoms with E-state index in [1.54, 1.807) is 24.3 Å². The van der Waals surface area contributed by atoms with Crippen molar-refractivity contribution >= 4 is 32.8 Å². The molecule has 3 aromatic rings. The van der Waals surface area contributed by atoms with Crippen molar-refractivity contribution in [2.45, 2.75) is 11.4 Å². The number of nitrogens with one attached hydrogen (secondary N) is 2. The smallest absolute Gasteiger partial charge is 0.310 e. The lowest BCUT2D eigenvalue weighted by atomic mass is 10.1. The molecule has 1 amide bonds. The largest absolute Gasteiger partial charge is 0.375 e. The van der Waals surface area contributed by atoms with Gasteiger partial charge in [0.2, 0.25) is 0 Å². The number of nitrogens with zero attached hydrogens (tertiary/aromatic N) is 1. The molecule has 0 saturated heterocycles. The number of rotatable bonds is 7. The minimum atomic E-state index is -3.79. The van der Waals surface area contributed by atoms with Gasteiger partial charge in [0.25, 0.3) is 5.91 Å². The lowest BCUT2D eigenvalue weighted by molar-refractivity contribution is -0.386. The Morgan fingerprint density at radius 2 is 1.74 bits per heavy atom. The van der Waals surface area contributed by atoms with Crippen LogP contribution in [0.3, 0.4) is 0 Å². The van der Waals surface area contributed by atoms with Gasteiger partial charge in [-0.05, 0) is 54.1 Å². The molecule has 2 N–H and O–H groups in total. The van der Waals surface area contributed by atoms with Crippen molar-refractivity contribution in [2.24, 2.45) is 0 Å². The number of hydrogen-bond donors (Lipinski definition) is 2. The van der Waals surface area contributed by atoms with Crippen molar-refractivity contribution in [2.75, 3.05) is 16.9 Å². The monoisotopic (exact) mass is 443 g/mol. The fraction of sp³-hybridized carbons (Fsp3) is 0.0952. The molecular weight excluding hydrogens is 425 g/mol. The zero-order chi connectivity index (χ0) is 22.6. The maximum absolute atomic E-state index is 13.0. The molecule has 0 aromatic heterocycles. The van der Waals surface area contributed by atoms with Gasteiger partial charge < -0.3 is 10.6 Å². The van der Waals surface area contributed by atoms with E-state index >= 15 is 0 Å². The van der Waals surface area contributed by atoms with Gasteiger partial charge in [-0.3, -0.25) is 14.9 Å². The molecule has 3 rings (SSSR count). The van der Waals surface area contributed by atoms with E-state index in [2.05, 4.69) is 10.6 Å². The second-order valence-corrected chi connectivity index (χ2v) is 8.68. The molecule has 0 fully saturated rings. The van der Waals surface area contributed by atoms with Gasteiger partial charge in [-0.2, -0.15) is 0 Å². The SMILES string of the molecule is CS(=O)(=O)c1cccc(NCc2cccc(NC(=O)c3ccc(F)cc3)c2)c1[N+](=O)[O-]. The molecule has 8 nitrogen and oxygen atoms in total. The lowest BCUT2D eigenvalue weighted by Gasteiger charge is -2.11. The maximum atomic E-state index is 13.0. The fourth-order valence-corrected chi connectivity index (χ4v) is 3.77. The van der Waals surface area contributed by atoms with Crippen molar-refractivity contribution in [1.29, 1.82) is 0 Å². The first-order valence-electron chi connectivity index (χ1n) is 9.02. The van der Waals surface area contributed by atoms with E-state index in [4.69, 9.17) is 0 Å². The molecule has 0 unspecified atom stereocenters. The van der Waals surface area contributed by atoms with Gasteiger partial charge in [0.15, 0.2) is 9.84 Å². The average Bonchev–Trinajstić information content (AvgIpc) is 2.72. The van der Waals surface area contributed by atoms with Gasteiger partial charge in [-0.15, -0.1) is 0 Å². The van der Waals surface area contributed by atoms with Crippen LogP contribution in [-0.4, -0.2) is 25.5 Å². The third-order valence-corrected chi connectivity index (χ3v) is 5.48. The number of nitro groups is 1. The molecule has 10 heteroatoms. The van der Waals surface area contributed by atoms with E-state index in [1.807, 2.05) is 0 Å². The highest BCUT2D eigenvalue weighted by molar-refractivity contribution is 7.90. The molecular formula is C21H18FN3O5S. The topological polar surface area (TPSA) is 118 Å². The Morgan fingerprint density at radius 1 is 1.06 bits per heavy atom. The van der Waals surface area contributed by atoms with E-state index < -0.39 is 32.2 Å². The summed E-state index contributed by atoms with van der Waals surface area (Å²) in [4.78, 5) is 22.6. The summed E-state index contributed by atoms with van der Waals surface area (Å²) >= 11 is 0. The zero-order valence-electron chi connectivity index (χ0n) is 16.3. The van der Waals surface area contributed by atoms with Crippen molar-refractivity contribution < 1.29 is 22.5 Å². The van der Waals surface area contributed by atoms with Crippen LogP contribution in [0.5, 0.6) is 0 Å². The van der Waals surface area contributed by atoms with Gasteiger partial charge in [0, 0.05) is 24.1 Å². The van der Waals surface area contributed by atoms with Gasteiger partial charge in [-0.1, -0.05) is 18.2 Å². The van der Waals surface area contributed by atoms with Crippen LogP contribution in [0.2, 0.25) is 0 Å². The molecule has 160 valence electrons. The van der Waals surface area contributed by atoms with Crippen LogP contribution in [0, 0.1) is 15.9 Å². The van der Waals surface area contributed by atoms with Crippen LogP contribution in [0.25, 0.3) is 0 Å². The number of hydrogen-bond acceptors (Lipinski definition) is 6. The van der Waals surface area contributed by atoms with Gasteiger partial charge >= 0.3 is 5.69 Å². The molecule has 0 spiro atoms. The molecule has 0 saturated carbocycles. The number of benzene rings is 3. The zero-order valence-corrected chi connectivity index (χ0v) is 17.1. The molecule has 31 heavy (non-hydrogen) atoms. The third kappa shape index (κ3) is 5.43. The van der Waals surface area contributed by atoms with Crippen molar-refractivity contribution in [3.63, 3.8) is 0 Å². The second kappa shape index (κ2) is 8.92. The molecule has 3 aromatic carbocycles. The summed E-state index contributed by atoms with van der Waals surface area (Å²) < 4.78 is 36.8. The summed E-state index contributed by atoms with van der Waals surface area (Å²) in [7, 11) is -3.79. The third-order valence-electron chi connectivity index (χ3n) is 4.36. The lowest BCUT2D eigenvalue weighted by Crippen LogP contribution is -2.12. The van der Waals surface area contributed by atoms with E-state index in [-0.39, 0.29) is 22.7 Å². The molecule has 0 radical (unpaired) electrons. The molecule has 0 bridgehead atoms. The predicted octanol–water partition coefficient (Wildman–Crippen LogP) is 4.00. The summed E-state index contributed by atoms with van der Waals surface area (Å²) in [5, 5.41) is 17.0. The molecule has 0 aliphatic heterocycles. The molecule has 0 aliphatic carbocycles. The van der Waals surface area contributed by atoms with E-state index in [0.29, 0.717) is 11.3 Å². The van der Waals surface area contributed by atoms with Gasteiger partial charge in [-0.25, -0.2) is 12.8 Å². The van der Waals surface area contributed by atoms with Crippen molar-refractivity contribution in [1.82, 2.24) is 0 Å². The number of carbonyl (C=O) groups is 1. The van der Waals surface area contributed by atoms with Crippen LogP contribution in [0.4, 0.5) is 21.5 Å². The molecule has 0 aliphatic rings. The summed E-state index contributed by atoms with van der Waals surface area (Å²) in [6, 6.07) is 15.9. The highest BCUT2D eigenvalue weighted by atomic mass is 32.2. The van der Waals surface area contributed by atoms with Crippen LogP contribution in [0.15, 0.2) is 71.6 Å². The van der Waals surface area contributed by atoms with Crippen LogP contribution in [0.1, 0.15) is 15.9 Å². The first kappa shape index (κ1) is 21.9. The molecule has 0 atom stereocenters. The highest BCUT2D eigenvalue weighted by Gasteiger charge is 2.25. The Bertz CT molecular complexity index is 1240. The van der Waals surface area contributed by atoms with E-state index in [1.165, 1.54) is 42.5 Å². The standard InChI is InChI=1S/C21H18FN3O5S/c1-31(29,30)19-7-3-6-18(20(19)25(27)28)23-13-14-4-2-5-17(12-14)24-21(26)15-8-10-16(22)11-9-15/h2-12,23H,13H2,1H3,(H,24,26). The van der Waals surface area contributed by atoms with E-state index in [9.17, 15) is 27.7 Å². The van der Waals surface area contributed by atoms with Crippen LogP contribution < -0.4 is 10.6 Å². The second-order valence-electron chi connectivity index (χ2n) is 6.70. The maximum Gasteiger partial charge on any atom is 0.310 e. The Labute approximate surface area is 177 Å². The van der Waals surface area contributed by atoms with Gasteiger partial charge in [0.05, 0.1) is 4.92 Å². The molecule has 0 heterocycles. The number of sulfone groups is 1. The number of carbonyl (C=O) groups excluding carboxylic acids is 1. The number of anilines is 2. The van der Waals surface area contributed by atoms with Gasteiger partial charge in [0.1, 0.15) is 16.4 Å². The summed E-state index contributed by atoms with van der Waals surface area (Å²) in [5.41, 5.74) is 1.00. The average molecular weight is 443 g/mol. The normalized spacial score (nSPS) is 11.0. The number of para-hydroxylation sites is 1. The summed E-state index contributed by atoms with van der Waals surface area (Å²) in [6.07, 6.45) is 0.909.